The molecule has 2 atom stereocenters. The van der Waals surface area contributed by atoms with Crippen LogP contribution in [-0.2, 0) is 4.79 Å². The molecular weight excluding hydrogens is 332 g/mol. The van der Waals surface area contributed by atoms with E-state index >= 15 is 0 Å². The zero-order chi connectivity index (χ0) is 19.2. The van der Waals surface area contributed by atoms with Crippen molar-refractivity contribution in [1.82, 2.24) is 4.90 Å². The van der Waals surface area contributed by atoms with E-state index < -0.39 is 0 Å². The van der Waals surface area contributed by atoms with Crippen molar-refractivity contribution in [3.63, 3.8) is 0 Å². The van der Waals surface area contributed by atoms with Crippen LogP contribution >= 0.6 is 0 Å². The maximum Gasteiger partial charge on any atom is 0.285 e. The maximum absolute atomic E-state index is 13.2. The molecule has 0 saturated heterocycles. The third-order valence-corrected chi connectivity index (χ3v) is 5.29. The molecule has 140 valence electrons. The predicted molar refractivity (Wildman–Crippen MR) is 111 cm³/mol. The van der Waals surface area contributed by atoms with Crippen LogP contribution in [0.5, 0.6) is 0 Å². The van der Waals surface area contributed by atoms with E-state index in [1.807, 2.05) is 36.9 Å². The van der Waals surface area contributed by atoms with Gasteiger partial charge >= 0.3 is 0 Å². The summed E-state index contributed by atoms with van der Waals surface area (Å²) in [6.45, 7) is 7.73. The molecule has 0 unspecified atom stereocenters. The standard InChI is InChI=1S/C24H28N2O/c1-4-26(5-2)24(27)23(20-13-7-6-8-14-20)25-18(3)21-17-11-15-19-12-9-10-16-22(19)21/h6-18,23,25H,4-5H2,1-3H3/p+1/t18-,23+/m1/s1. The van der Waals surface area contributed by atoms with E-state index in [0.29, 0.717) is 0 Å². The number of rotatable bonds is 7. The number of carbonyl (C=O) groups excluding carboxylic acids is 1. The highest BCUT2D eigenvalue weighted by Gasteiger charge is 2.30. The normalized spacial score (nSPS) is 13.3. The molecule has 0 aliphatic heterocycles. The lowest BCUT2D eigenvalue weighted by atomic mass is 9.97. The number of hydrogen-bond acceptors (Lipinski definition) is 1. The second-order valence-corrected chi connectivity index (χ2v) is 6.95. The summed E-state index contributed by atoms with van der Waals surface area (Å²) < 4.78 is 0. The van der Waals surface area contributed by atoms with E-state index in [1.165, 1.54) is 16.3 Å². The van der Waals surface area contributed by atoms with Crippen molar-refractivity contribution in [3.05, 3.63) is 83.9 Å². The first kappa shape index (κ1) is 19.1. The third kappa shape index (κ3) is 4.20. The van der Waals surface area contributed by atoms with Gasteiger partial charge in [0, 0.05) is 24.2 Å². The van der Waals surface area contributed by atoms with Crippen LogP contribution in [0.3, 0.4) is 0 Å². The Kier molecular flexibility index (Phi) is 6.25. The number of hydrogen-bond donors (Lipinski definition) is 1. The highest BCUT2D eigenvalue weighted by atomic mass is 16.2. The molecule has 0 heterocycles. The lowest BCUT2D eigenvalue weighted by molar-refractivity contribution is -0.719. The monoisotopic (exact) mass is 361 g/mol. The van der Waals surface area contributed by atoms with Crippen LogP contribution in [0.1, 0.15) is 44.0 Å². The fourth-order valence-electron chi connectivity index (χ4n) is 3.77. The number of likely N-dealkylation sites (N-methyl/N-ethyl adjacent to an activating group) is 1. The second kappa shape index (κ2) is 8.83. The third-order valence-electron chi connectivity index (χ3n) is 5.29. The van der Waals surface area contributed by atoms with Crippen LogP contribution in [0.15, 0.2) is 72.8 Å². The Morgan fingerprint density at radius 2 is 1.52 bits per heavy atom. The zero-order valence-corrected chi connectivity index (χ0v) is 16.4. The molecule has 3 heteroatoms. The minimum Gasteiger partial charge on any atom is -0.338 e. The molecule has 0 radical (unpaired) electrons. The van der Waals surface area contributed by atoms with Crippen LogP contribution in [-0.4, -0.2) is 23.9 Å². The second-order valence-electron chi connectivity index (χ2n) is 6.95. The van der Waals surface area contributed by atoms with Gasteiger partial charge < -0.3 is 10.2 Å². The minimum atomic E-state index is -0.236. The van der Waals surface area contributed by atoms with Crippen LogP contribution in [0.2, 0.25) is 0 Å². The average molecular weight is 362 g/mol. The van der Waals surface area contributed by atoms with Gasteiger partial charge in [-0.25, -0.2) is 0 Å². The van der Waals surface area contributed by atoms with Crippen LogP contribution in [0, 0.1) is 0 Å². The van der Waals surface area contributed by atoms with Crippen molar-refractivity contribution < 1.29 is 10.1 Å². The summed E-state index contributed by atoms with van der Waals surface area (Å²) in [7, 11) is 0. The van der Waals surface area contributed by atoms with Crippen molar-refractivity contribution in [3.8, 4) is 0 Å². The number of nitrogens with two attached hydrogens (primary N) is 1. The first-order valence-electron chi connectivity index (χ1n) is 9.82. The fourth-order valence-corrected chi connectivity index (χ4v) is 3.77. The topological polar surface area (TPSA) is 36.9 Å². The molecule has 3 rings (SSSR count). The van der Waals surface area contributed by atoms with Crippen molar-refractivity contribution >= 4 is 16.7 Å². The quantitative estimate of drug-likeness (QED) is 0.676. The molecule has 0 fully saturated rings. The summed E-state index contributed by atoms with van der Waals surface area (Å²) in [6, 6.07) is 24.9. The average Bonchev–Trinajstić information content (AvgIpc) is 2.72. The van der Waals surface area contributed by atoms with Gasteiger partial charge in [-0.3, -0.25) is 4.79 Å². The van der Waals surface area contributed by atoms with Gasteiger partial charge in [0.25, 0.3) is 5.91 Å². The van der Waals surface area contributed by atoms with E-state index in [9.17, 15) is 4.79 Å². The minimum absolute atomic E-state index is 0.167. The van der Waals surface area contributed by atoms with Crippen LogP contribution in [0.25, 0.3) is 10.8 Å². The van der Waals surface area contributed by atoms with E-state index in [-0.39, 0.29) is 18.0 Å². The first-order chi connectivity index (χ1) is 13.2. The van der Waals surface area contributed by atoms with Gasteiger partial charge in [0.1, 0.15) is 6.04 Å². The van der Waals surface area contributed by atoms with Gasteiger partial charge in [-0.1, -0.05) is 72.8 Å². The van der Waals surface area contributed by atoms with Gasteiger partial charge in [0.15, 0.2) is 6.04 Å². The Morgan fingerprint density at radius 3 is 2.22 bits per heavy atom. The van der Waals surface area contributed by atoms with Gasteiger partial charge in [-0.15, -0.1) is 0 Å². The van der Waals surface area contributed by atoms with Gasteiger partial charge in [0.2, 0.25) is 0 Å². The van der Waals surface area contributed by atoms with Crippen LogP contribution in [0.4, 0.5) is 0 Å². The summed E-state index contributed by atoms with van der Waals surface area (Å²) in [4.78, 5) is 15.2. The summed E-state index contributed by atoms with van der Waals surface area (Å²) >= 11 is 0. The molecule has 3 aromatic carbocycles. The molecule has 0 aliphatic carbocycles. The lowest BCUT2D eigenvalue weighted by Crippen LogP contribution is -2.88. The Morgan fingerprint density at radius 1 is 0.889 bits per heavy atom. The van der Waals surface area contributed by atoms with Crippen molar-refractivity contribution in [2.45, 2.75) is 32.9 Å². The molecule has 0 bridgehead atoms. The Hall–Kier alpha value is -2.65. The van der Waals surface area contributed by atoms with E-state index in [2.05, 4.69) is 66.8 Å². The van der Waals surface area contributed by atoms with Crippen molar-refractivity contribution in [1.29, 1.82) is 0 Å². The van der Waals surface area contributed by atoms with Crippen molar-refractivity contribution in [2.24, 2.45) is 0 Å². The van der Waals surface area contributed by atoms with E-state index in [1.54, 1.807) is 0 Å². The number of nitrogens with zero attached hydrogens (tertiary/aromatic N) is 1. The maximum atomic E-state index is 13.2. The Bertz CT molecular complexity index is 882. The van der Waals surface area contributed by atoms with E-state index in [4.69, 9.17) is 0 Å². The molecule has 0 spiro atoms. The molecule has 1 amide bonds. The molecular formula is C24H29N2O+. The van der Waals surface area contributed by atoms with Gasteiger partial charge in [-0.2, -0.15) is 0 Å². The first-order valence-corrected chi connectivity index (χ1v) is 9.82. The number of fused-ring (bicyclic) bond motifs is 1. The number of amides is 1. The molecule has 0 aliphatic rings. The summed E-state index contributed by atoms with van der Waals surface area (Å²) in [5, 5.41) is 4.70. The zero-order valence-electron chi connectivity index (χ0n) is 16.4. The van der Waals surface area contributed by atoms with Crippen molar-refractivity contribution in [2.75, 3.05) is 13.1 Å². The molecule has 2 N–H and O–H groups in total. The molecule has 0 aromatic heterocycles. The Labute approximate surface area is 162 Å². The predicted octanol–water partition coefficient (Wildman–Crippen LogP) is 4.07. The summed E-state index contributed by atoms with van der Waals surface area (Å²) in [6.07, 6.45) is 0. The SMILES string of the molecule is CCN(CC)C(=O)[C@@H]([NH2+][C@H](C)c1cccc2ccccc12)c1ccccc1. The highest BCUT2D eigenvalue weighted by Crippen LogP contribution is 2.23. The molecule has 3 nitrogen and oxygen atoms in total. The molecule has 27 heavy (non-hydrogen) atoms. The fraction of sp³-hybridized carbons (Fsp3) is 0.292. The molecule has 3 aromatic rings. The van der Waals surface area contributed by atoms with Gasteiger partial charge in [-0.05, 0) is 31.5 Å². The van der Waals surface area contributed by atoms with Crippen LogP contribution < -0.4 is 5.32 Å². The molecule has 0 saturated carbocycles. The smallest absolute Gasteiger partial charge is 0.285 e. The largest absolute Gasteiger partial charge is 0.338 e. The number of quaternary nitrogens is 1. The van der Waals surface area contributed by atoms with E-state index in [0.717, 1.165) is 18.7 Å². The summed E-state index contributed by atoms with van der Waals surface area (Å²) in [5.74, 6) is 0.179. The lowest BCUT2D eigenvalue weighted by Gasteiger charge is -2.26. The van der Waals surface area contributed by atoms with Gasteiger partial charge in [0.05, 0.1) is 0 Å². The Balaban J connectivity index is 1.94. The summed E-state index contributed by atoms with van der Waals surface area (Å²) in [5.41, 5.74) is 2.32. The highest BCUT2D eigenvalue weighted by molar-refractivity contribution is 5.86. The number of benzene rings is 3. The number of carbonyl (C=O) groups is 1.